The first-order chi connectivity index (χ1) is 7.37. The van der Waals surface area contributed by atoms with Gasteiger partial charge in [-0.3, -0.25) is 0 Å². The van der Waals surface area contributed by atoms with E-state index in [0.717, 1.165) is 12.1 Å². The van der Waals surface area contributed by atoms with Crippen LogP contribution in [0.2, 0.25) is 5.02 Å². The van der Waals surface area contributed by atoms with Crippen LogP contribution in [0.3, 0.4) is 0 Å². The summed E-state index contributed by atoms with van der Waals surface area (Å²) in [6.45, 7) is 0.974. The second kappa shape index (κ2) is 5.07. The number of benzene rings is 1. The highest BCUT2D eigenvalue weighted by atomic mass is 35.5. The first-order valence-corrected chi connectivity index (χ1v) is 6.50. The minimum atomic E-state index is -3.49. The molecule has 1 aromatic carbocycles. The zero-order chi connectivity index (χ0) is 12.3. The molecule has 16 heavy (non-hydrogen) atoms. The summed E-state index contributed by atoms with van der Waals surface area (Å²) in [5.74, 6) is -1.93. The van der Waals surface area contributed by atoms with E-state index in [0.29, 0.717) is 0 Å². The van der Waals surface area contributed by atoms with Crippen molar-refractivity contribution in [1.82, 2.24) is 4.72 Å². The van der Waals surface area contributed by atoms with Gasteiger partial charge in [0.05, 0.1) is 10.8 Å². The molecule has 90 valence electrons. The van der Waals surface area contributed by atoms with Gasteiger partial charge in [-0.15, -0.1) is 0 Å². The maximum atomic E-state index is 13.3. The molecule has 1 aromatic rings. The van der Waals surface area contributed by atoms with Crippen molar-refractivity contribution in [2.24, 2.45) is 0 Å². The zero-order valence-corrected chi connectivity index (χ0v) is 10.00. The van der Waals surface area contributed by atoms with Crippen molar-refractivity contribution in [3.05, 3.63) is 34.4 Å². The van der Waals surface area contributed by atoms with Gasteiger partial charge in [0, 0.05) is 12.1 Å². The molecule has 0 aliphatic rings. The topological polar surface area (TPSA) is 46.2 Å². The maximum Gasteiger partial charge on any atom is 0.211 e. The molecule has 3 nitrogen and oxygen atoms in total. The second-order valence-electron chi connectivity index (χ2n) is 3.05. The molecule has 0 aromatic heterocycles. The van der Waals surface area contributed by atoms with Gasteiger partial charge in [-0.05, 0) is 19.1 Å². The van der Waals surface area contributed by atoms with Crippen LogP contribution in [-0.2, 0) is 16.6 Å². The van der Waals surface area contributed by atoms with Gasteiger partial charge in [0.2, 0.25) is 10.0 Å². The molecule has 0 fully saturated rings. The SMILES string of the molecule is CCS(=O)(=O)NCc1c(F)ccc(Cl)c1F. The third-order valence-corrected chi connectivity index (χ3v) is 3.62. The number of hydrogen-bond acceptors (Lipinski definition) is 2. The largest absolute Gasteiger partial charge is 0.212 e. The Hall–Kier alpha value is -0.720. The van der Waals surface area contributed by atoms with Crippen molar-refractivity contribution in [2.45, 2.75) is 13.5 Å². The van der Waals surface area contributed by atoms with Crippen LogP contribution in [0.15, 0.2) is 12.1 Å². The summed E-state index contributed by atoms with van der Waals surface area (Å²) in [5.41, 5.74) is -0.385. The molecule has 0 amide bonds. The van der Waals surface area contributed by atoms with Gasteiger partial charge in [0.15, 0.2) is 0 Å². The summed E-state index contributed by atoms with van der Waals surface area (Å²) in [5, 5.41) is -0.243. The summed E-state index contributed by atoms with van der Waals surface area (Å²) in [6, 6.07) is 2.06. The van der Waals surface area contributed by atoms with E-state index >= 15 is 0 Å². The molecule has 0 unspecified atom stereocenters. The van der Waals surface area contributed by atoms with Crippen molar-refractivity contribution >= 4 is 21.6 Å². The number of nitrogens with one attached hydrogen (secondary N) is 1. The van der Waals surface area contributed by atoms with Gasteiger partial charge in [-0.25, -0.2) is 21.9 Å². The lowest BCUT2D eigenvalue weighted by Gasteiger charge is -2.07. The molecular formula is C9H10ClF2NO2S. The highest BCUT2D eigenvalue weighted by molar-refractivity contribution is 7.89. The predicted octanol–water partition coefficient (Wildman–Crippen LogP) is 2.06. The standard InChI is InChI=1S/C9H10ClF2NO2S/c1-2-16(14,15)13-5-6-8(11)4-3-7(10)9(6)12/h3-4,13H,2,5H2,1H3. The lowest BCUT2D eigenvalue weighted by Crippen LogP contribution is -2.25. The van der Waals surface area contributed by atoms with Crippen LogP contribution < -0.4 is 4.72 Å². The Balaban J connectivity index is 2.94. The molecule has 0 aliphatic heterocycles. The van der Waals surface area contributed by atoms with Gasteiger partial charge in [-0.1, -0.05) is 11.6 Å². The molecule has 1 rings (SSSR count). The summed E-state index contributed by atoms with van der Waals surface area (Å²) >= 11 is 5.45. The summed E-state index contributed by atoms with van der Waals surface area (Å²) in [6.07, 6.45) is 0. The Morgan fingerprint density at radius 1 is 1.38 bits per heavy atom. The smallest absolute Gasteiger partial charge is 0.211 e. The van der Waals surface area contributed by atoms with Crippen LogP contribution in [0, 0.1) is 11.6 Å². The van der Waals surface area contributed by atoms with Crippen LogP contribution in [0.1, 0.15) is 12.5 Å². The summed E-state index contributed by atoms with van der Waals surface area (Å²) in [4.78, 5) is 0. The normalized spacial score (nSPS) is 11.8. The first-order valence-electron chi connectivity index (χ1n) is 4.47. The van der Waals surface area contributed by atoms with Crippen molar-refractivity contribution in [3.63, 3.8) is 0 Å². The Bertz CT molecular complexity index is 491. The number of hydrogen-bond donors (Lipinski definition) is 1. The monoisotopic (exact) mass is 269 g/mol. The van der Waals surface area contributed by atoms with E-state index in [1.54, 1.807) is 0 Å². The van der Waals surface area contributed by atoms with E-state index < -0.39 is 28.2 Å². The van der Waals surface area contributed by atoms with Crippen molar-refractivity contribution in [3.8, 4) is 0 Å². The predicted molar refractivity (Wildman–Crippen MR) is 57.7 cm³/mol. The fourth-order valence-electron chi connectivity index (χ4n) is 1.02. The summed E-state index contributed by atoms with van der Waals surface area (Å²) in [7, 11) is -3.49. The average Bonchev–Trinajstić information content (AvgIpc) is 2.24. The third-order valence-electron chi connectivity index (χ3n) is 1.99. The van der Waals surface area contributed by atoms with E-state index in [9.17, 15) is 17.2 Å². The minimum Gasteiger partial charge on any atom is -0.212 e. The average molecular weight is 270 g/mol. The van der Waals surface area contributed by atoms with Crippen LogP contribution in [-0.4, -0.2) is 14.2 Å². The number of sulfonamides is 1. The maximum absolute atomic E-state index is 13.3. The summed E-state index contributed by atoms with van der Waals surface area (Å²) < 4.78 is 50.8. The first kappa shape index (κ1) is 13.3. The second-order valence-corrected chi connectivity index (χ2v) is 5.55. The lowest BCUT2D eigenvalue weighted by atomic mass is 10.2. The van der Waals surface area contributed by atoms with Gasteiger partial charge in [0.25, 0.3) is 0 Å². The van der Waals surface area contributed by atoms with E-state index in [1.165, 1.54) is 6.92 Å². The molecule has 0 saturated carbocycles. The van der Waals surface area contributed by atoms with Crippen LogP contribution in [0.4, 0.5) is 8.78 Å². The number of rotatable bonds is 4. The van der Waals surface area contributed by atoms with Crippen molar-refractivity contribution in [2.75, 3.05) is 5.75 Å². The molecule has 0 saturated heterocycles. The van der Waals surface area contributed by atoms with E-state index in [2.05, 4.69) is 4.72 Å². The van der Waals surface area contributed by atoms with Crippen LogP contribution >= 0.6 is 11.6 Å². The Labute approximate surface area is 97.5 Å². The Morgan fingerprint density at radius 2 is 2.00 bits per heavy atom. The molecule has 1 N–H and O–H groups in total. The van der Waals surface area contributed by atoms with E-state index in [-0.39, 0.29) is 16.3 Å². The fourth-order valence-corrected chi connectivity index (χ4v) is 1.76. The third kappa shape index (κ3) is 3.13. The highest BCUT2D eigenvalue weighted by Gasteiger charge is 2.15. The molecule has 0 radical (unpaired) electrons. The molecular weight excluding hydrogens is 260 g/mol. The van der Waals surface area contributed by atoms with E-state index in [1.807, 2.05) is 0 Å². The Kier molecular flexibility index (Phi) is 4.23. The molecule has 0 bridgehead atoms. The van der Waals surface area contributed by atoms with Crippen molar-refractivity contribution in [1.29, 1.82) is 0 Å². The van der Waals surface area contributed by atoms with Gasteiger partial charge >= 0.3 is 0 Å². The van der Waals surface area contributed by atoms with Crippen LogP contribution in [0.5, 0.6) is 0 Å². The minimum absolute atomic E-state index is 0.156. The Morgan fingerprint density at radius 3 is 2.56 bits per heavy atom. The number of halogens is 3. The van der Waals surface area contributed by atoms with Gasteiger partial charge in [-0.2, -0.15) is 0 Å². The molecule has 0 atom stereocenters. The molecule has 0 heterocycles. The molecule has 0 aliphatic carbocycles. The van der Waals surface area contributed by atoms with E-state index in [4.69, 9.17) is 11.6 Å². The molecule has 0 spiro atoms. The molecule has 7 heteroatoms. The zero-order valence-electron chi connectivity index (χ0n) is 8.43. The van der Waals surface area contributed by atoms with Crippen molar-refractivity contribution < 1.29 is 17.2 Å². The van der Waals surface area contributed by atoms with Crippen LogP contribution in [0.25, 0.3) is 0 Å². The highest BCUT2D eigenvalue weighted by Crippen LogP contribution is 2.20. The van der Waals surface area contributed by atoms with Gasteiger partial charge < -0.3 is 0 Å². The van der Waals surface area contributed by atoms with Gasteiger partial charge in [0.1, 0.15) is 11.6 Å². The lowest BCUT2D eigenvalue weighted by molar-refractivity contribution is 0.545. The quantitative estimate of drug-likeness (QED) is 0.851. The fraction of sp³-hybridized carbons (Fsp3) is 0.333.